The van der Waals surface area contributed by atoms with E-state index in [1.54, 1.807) is 37.2 Å². The average Bonchev–Trinajstić information content (AvgIpc) is 2.75. The zero-order valence-corrected chi connectivity index (χ0v) is 17.5. The van der Waals surface area contributed by atoms with E-state index in [-0.39, 0.29) is 12.5 Å². The van der Waals surface area contributed by atoms with Crippen molar-refractivity contribution in [3.05, 3.63) is 30.2 Å². The third-order valence-electron chi connectivity index (χ3n) is 5.36. The molecule has 0 saturated carbocycles. The third-order valence-corrected chi connectivity index (χ3v) is 5.36. The van der Waals surface area contributed by atoms with Gasteiger partial charge in [-0.25, -0.2) is 9.97 Å². The number of morpholine rings is 1. The molecule has 0 radical (unpaired) electrons. The van der Waals surface area contributed by atoms with Crippen molar-refractivity contribution in [1.29, 1.82) is 0 Å². The van der Waals surface area contributed by atoms with Crippen molar-refractivity contribution in [3.63, 3.8) is 0 Å². The molecule has 4 heterocycles. The average molecular weight is 412 g/mol. The zero-order chi connectivity index (χ0) is 21.1. The summed E-state index contributed by atoms with van der Waals surface area (Å²) >= 11 is 0. The molecule has 1 fully saturated rings. The smallest absolute Gasteiger partial charge is 0.247 e. The van der Waals surface area contributed by atoms with E-state index in [2.05, 4.69) is 20.2 Å². The van der Waals surface area contributed by atoms with E-state index in [9.17, 15) is 9.90 Å². The van der Waals surface area contributed by atoms with E-state index in [0.717, 1.165) is 44.8 Å². The summed E-state index contributed by atoms with van der Waals surface area (Å²) < 4.78 is 5.39. The minimum Gasteiger partial charge on any atom is -0.384 e. The molecule has 2 aliphatic heterocycles. The SMILES string of the molecule is CC(C)(O)c1ccc(-c2cnc3c(n2)N(CCCN2CCOCC2)C(=O)CN3)cn1. The molecular formula is C21H28N6O3. The molecule has 1 amide bonds. The fraction of sp³-hybridized carbons (Fsp3) is 0.524. The molecule has 160 valence electrons. The molecule has 0 unspecified atom stereocenters. The van der Waals surface area contributed by atoms with Crippen LogP contribution in [0.25, 0.3) is 11.3 Å². The Morgan fingerprint density at radius 2 is 1.97 bits per heavy atom. The Balaban J connectivity index is 1.51. The highest BCUT2D eigenvalue weighted by atomic mass is 16.5. The number of fused-ring (bicyclic) bond motifs is 1. The second-order valence-electron chi connectivity index (χ2n) is 8.13. The Morgan fingerprint density at radius 1 is 1.17 bits per heavy atom. The number of nitrogens with one attached hydrogen (secondary N) is 1. The van der Waals surface area contributed by atoms with Gasteiger partial charge in [0.1, 0.15) is 5.60 Å². The summed E-state index contributed by atoms with van der Waals surface area (Å²) in [4.78, 5) is 30.2. The van der Waals surface area contributed by atoms with E-state index in [1.807, 2.05) is 6.07 Å². The number of carbonyl (C=O) groups is 1. The van der Waals surface area contributed by atoms with Crippen LogP contribution < -0.4 is 10.2 Å². The first-order valence-electron chi connectivity index (χ1n) is 10.3. The summed E-state index contributed by atoms with van der Waals surface area (Å²) in [6, 6.07) is 3.64. The quantitative estimate of drug-likeness (QED) is 0.731. The van der Waals surface area contributed by atoms with E-state index < -0.39 is 5.60 Å². The van der Waals surface area contributed by atoms with Crippen molar-refractivity contribution in [3.8, 4) is 11.3 Å². The van der Waals surface area contributed by atoms with Gasteiger partial charge in [-0.1, -0.05) is 0 Å². The second kappa shape index (κ2) is 8.63. The summed E-state index contributed by atoms with van der Waals surface area (Å²) in [5, 5.41) is 13.1. The van der Waals surface area contributed by atoms with Crippen molar-refractivity contribution in [2.24, 2.45) is 0 Å². The van der Waals surface area contributed by atoms with Crippen LogP contribution in [-0.2, 0) is 15.1 Å². The number of nitrogens with zero attached hydrogens (tertiary/aromatic N) is 5. The molecule has 30 heavy (non-hydrogen) atoms. The fourth-order valence-corrected chi connectivity index (χ4v) is 3.62. The second-order valence-corrected chi connectivity index (χ2v) is 8.13. The Labute approximate surface area is 176 Å². The van der Waals surface area contributed by atoms with Gasteiger partial charge in [0.05, 0.1) is 37.3 Å². The predicted molar refractivity (Wildman–Crippen MR) is 113 cm³/mol. The number of hydrogen-bond acceptors (Lipinski definition) is 8. The van der Waals surface area contributed by atoms with Gasteiger partial charge < -0.3 is 15.2 Å². The predicted octanol–water partition coefficient (Wildman–Crippen LogP) is 1.25. The van der Waals surface area contributed by atoms with Gasteiger partial charge in [-0.15, -0.1) is 0 Å². The first-order valence-corrected chi connectivity index (χ1v) is 10.3. The zero-order valence-electron chi connectivity index (χ0n) is 17.5. The number of rotatable bonds is 6. The van der Waals surface area contributed by atoms with Crippen LogP contribution in [0.4, 0.5) is 11.6 Å². The highest BCUT2D eigenvalue weighted by molar-refractivity contribution is 6.00. The molecular weight excluding hydrogens is 384 g/mol. The van der Waals surface area contributed by atoms with E-state index in [1.165, 1.54) is 0 Å². The van der Waals surface area contributed by atoms with Crippen molar-refractivity contribution in [1.82, 2.24) is 19.9 Å². The van der Waals surface area contributed by atoms with Gasteiger partial charge in [0.15, 0.2) is 11.6 Å². The van der Waals surface area contributed by atoms with Crippen LogP contribution in [0.15, 0.2) is 24.5 Å². The van der Waals surface area contributed by atoms with E-state index in [0.29, 0.717) is 29.6 Å². The van der Waals surface area contributed by atoms with Crippen molar-refractivity contribution >= 4 is 17.5 Å². The molecule has 0 aliphatic carbocycles. The van der Waals surface area contributed by atoms with Crippen molar-refractivity contribution < 1.29 is 14.6 Å². The van der Waals surface area contributed by atoms with Crippen molar-refractivity contribution in [2.75, 3.05) is 56.2 Å². The Morgan fingerprint density at radius 3 is 2.67 bits per heavy atom. The Hall–Kier alpha value is -2.62. The van der Waals surface area contributed by atoms with Gasteiger partial charge in [-0.3, -0.25) is 19.6 Å². The number of amides is 1. The van der Waals surface area contributed by atoms with Gasteiger partial charge in [-0.2, -0.15) is 0 Å². The molecule has 0 aromatic carbocycles. The lowest BCUT2D eigenvalue weighted by Crippen LogP contribution is -2.43. The van der Waals surface area contributed by atoms with Crippen LogP contribution in [0.3, 0.4) is 0 Å². The van der Waals surface area contributed by atoms with Crippen molar-refractivity contribution in [2.45, 2.75) is 25.9 Å². The summed E-state index contributed by atoms with van der Waals surface area (Å²) in [5.74, 6) is 1.16. The van der Waals surface area contributed by atoms with Crippen LogP contribution in [0.1, 0.15) is 26.0 Å². The maximum absolute atomic E-state index is 12.6. The number of pyridine rings is 1. The fourth-order valence-electron chi connectivity index (χ4n) is 3.62. The molecule has 2 aromatic heterocycles. The van der Waals surface area contributed by atoms with E-state index in [4.69, 9.17) is 9.72 Å². The number of aliphatic hydroxyl groups is 1. The monoisotopic (exact) mass is 412 g/mol. The molecule has 2 aliphatic rings. The number of ether oxygens (including phenoxy) is 1. The third kappa shape index (κ3) is 4.58. The molecule has 0 atom stereocenters. The largest absolute Gasteiger partial charge is 0.384 e. The summed E-state index contributed by atoms with van der Waals surface area (Å²) in [5.41, 5.74) is 0.995. The van der Waals surface area contributed by atoms with Gasteiger partial charge in [-0.05, 0) is 32.4 Å². The Bertz CT molecular complexity index is 891. The highest BCUT2D eigenvalue weighted by Gasteiger charge is 2.27. The summed E-state index contributed by atoms with van der Waals surface area (Å²) in [6.07, 6.45) is 4.21. The highest BCUT2D eigenvalue weighted by Crippen LogP contribution is 2.29. The topological polar surface area (TPSA) is 104 Å². The minimum atomic E-state index is -1.01. The number of hydrogen-bond donors (Lipinski definition) is 2. The van der Waals surface area contributed by atoms with Crippen LogP contribution in [0.5, 0.6) is 0 Å². The summed E-state index contributed by atoms with van der Waals surface area (Å²) in [6.45, 7) is 8.53. The molecule has 1 saturated heterocycles. The summed E-state index contributed by atoms with van der Waals surface area (Å²) in [7, 11) is 0. The van der Waals surface area contributed by atoms with Crippen LogP contribution in [0, 0.1) is 0 Å². The lowest BCUT2D eigenvalue weighted by molar-refractivity contribution is -0.117. The lowest BCUT2D eigenvalue weighted by atomic mass is 10.0. The lowest BCUT2D eigenvalue weighted by Gasteiger charge is -2.30. The van der Waals surface area contributed by atoms with E-state index >= 15 is 0 Å². The van der Waals surface area contributed by atoms with Gasteiger partial charge in [0.25, 0.3) is 0 Å². The number of aromatic nitrogens is 3. The molecule has 9 heteroatoms. The first-order chi connectivity index (χ1) is 14.4. The molecule has 2 N–H and O–H groups in total. The minimum absolute atomic E-state index is 0.00793. The Kier molecular flexibility index (Phi) is 5.94. The molecule has 9 nitrogen and oxygen atoms in total. The maximum atomic E-state index is 12.6. The first kappa shape index (κ1) is 20.6. The molecule has 0 spiro atoms. The van der Waals surface area contributed by atoms with Gasteiger partial charge >= 0.3 is 0 Å². The molecule has 2 aromatic rings. The van der Waals surface area contributed by atoms with Gasteiger partial charge in [0, 0.05) is 37.9 Å². The molecule has 0 bridgehead atoms. The van der Waals surface area contributed by atoms with Crippen LogP contribution in [0.2, 0.25) is 0 Å². The number of carbonyl (C=O) groups excluding carboxylic acids is 1. The normalized spacial score (nSPS) is 17.6. The number of anilines is 2. The van der Waals surface area contributed by atoms with Crippen LogP contribution in [-0.4, -0.2) is 76.8 Å². The van der Waals surface area contributed by atoms with Crippen LogP contribution >= 0.6 is 0 Å². The maximum Gasteiger partial charge on any atom is 0.247 e. The van der Waals surface area contributed by atoms with Gasteiger partial charge in [0.2, 0.25) is 5.91 Å². The molecule has 4 rings (SSSR count). The standard InChI is InChI=1S/C21H28N6O3/c1-21(2,29)17-5-4-15(12-22-17)16-13-23-19-20(25-16)27(18(28)14-24-19)7-3-6-26-8-10-30-11-9-26/h4-5,12-13,29H,3,6-11,14H2,1-2H3,(H,23,24).